The highest BCUT2D eigenvalue weighted by Gasteiger charge is 2.27. The Labute approximate surface area is 154 Å². The quantitative estimate of drug-likeness (QED) is 0.639. The second kappa shape index (κ2) is 7.84. The highest BCUT2D eigenvalue weighted by molar-refractivity contribution is 7.88. The van der Waals surface area contributed by atoms with Gasteiger partial charge in [0.25, 0.3) is 0 Å². The Hall–Kier alpha value is -1.80. The molecule has 1 atom stereocenters. The smallest absolute Gasteiger partial charge is 0.315 e. The molecular weight excluding hydrogens is 354 g/mol. The summed E-state index contributed by atoms with van der Waals surface area (Å²) in [6.07, 6.45) is 6.73. The summed E-state index contributed by atoms with van der Waals surface area (Å²) in [6, 6.07) is 5.17. The van der Waals surface area contributed by atoms with Crippen molar-refractivity contribution in [3.8, 4) is 5.75 Å². The van der Waals surface area contributed by atoms with Crippen LogP contribution >= 0.6 is 0 Å². The number of amides is 2. The fourth-order valence-electron chi connectivity index (χ4n) is 4.02. The summed E-state index contributed by atoms with van der Waals surface area (Å²) in [5.74, 6) is 0.297. The number of hydrogen-bond donors (Lipinski definition) is 4. The lowest BCUT2D eigenvalue weighted by Gasteiger charge is -2.31. The predicted molar refractivity (Wildman–Crippen MR) is 99.5 cm³/mol. The molecular formula is C18H27N3O4S. The van der Waals surface area contributed by atoms with Gasteiger partial charge in [0.2, 0.25) is 10.0 Å². The van der Waals surface area contributed by atoms with Crippen LogP contribution in [0.15, 0.2) is 18.2 Å². The zero-order valence-corrected chi connectivity index (χ0v) is 15.8. The Morgan fingerprint density at radius 1 is 1.08 bits per heavy atom. The van der Waals surface area contributed by atoms with Gasteiger partial charge in [-0.3, -0.25) is 0 Å². The highest BCUT2D eigenvalue weighted by atomic mass is 32.2. The summed E-state index contributed by atoms with van der Waals surface area (Å²) in [4.78, 5) is 12.4. The van der Waals surface area contributed by atoms with E-state index in [1.165, 1.54) is 6.26 Å². The van der Waals surface area contributed by atoms with Crippen molar-refractivity contribution >= 4 is 16.1 Å². The van der Waals surface area contributed by atoms with E-state index in [1.807, 2.05) is 12.1 Å². The molecule has 0 radical (unpaired) electrons. The Balaban J connectivity index is 1.51. The van der Waals surface area contributed by atoms with Crippen LogP contribution in [0.4, 0.5) is 4.79 Å². The largest absolute Gasteiger partial charge is 0.508 e. The first-order valence-electron chi connectivity index (χ1n) is 9.17. The fourth-order valence-corrected chi connectivity index (χ4v) is 4.86. The molecule has 1 aromatic rings. The van der Waals surface area contributed by atoms with Crippen molar-refractivity contribution in [1.29, 1.82) is 0 Å². The number of sulfonamides is 1. The third-order valence-electron chi connectivity index (χ3n) is 5.23. The molecule has 2 amide bonds. The van der Waals surface area contributed by atoms with Crippen LogP contribution in [0.2, 0.25) is 0 Å². The van der Waals surface area contributed by atoms with Crippen LogP contribution in [0.3, 0.4) is 0 Å². The van der Waals surface area contributed by atoms with E-state index in [0.717, 1.165) is 56.1 Å². The van der Waals surface area contributed by atoms with Gasteiger partial charge in [0.15, 0.2) is 0 Å². The highest BCUT2D eigenvalue weighted by Crippen LogP contribution is 2.34. The maximum atomic E-state index is 12.4. The number of rotatable bonds is 4. The Morgan fingerprint density at radius 3 is 2.46 bits per heavy atom. The maximum absolute atomic E-state index is 12.4. The molecule has 0 aromatic heterocycles. The Bertz CT molecular complexity index is 758. The summed E-state index contributed by atoms with van der Waals surface area (Å²) in [5, 5.41) is 16.0. The van der Waals surface area contributed by atoms with Gasteiger partial charge in [0.1, 0.15) is 5.75 Å². The van der Waals surface area contributed by atoms with Crippen LogP contribution in [0.5, 0.6) is 5.75 Å². The van der Waals surface area contributed by atoms with Crippen LogP contribution in [0, 0.1) is 0 Å². The molecule has 0 aliphatic heterocycles. The number of carbonyl (C=O) groups excluding carboxylic acids is 1. The molecule has 1 unspecified atom stereocenters. The van der Waals surface area contributed by atoms with E-state index >= 15 is 0 Å². The number of hydrogen-bond acceptors (Lipinski definition) is 4. The number of urea groups is 1. The van der Waals surface area contributed by atoms with Gasteiger partial charge in [-0.1, -0.05) is 12.1 Å². The van der Waals surface area contributed by atoms with E-state index in [1.54, 1.807) is 6.07 Å². The van der Waals surface area contributed by atoms with Gasteiger partial charge in [0, 0.05) is 12.1 Å². The van der Waals surface area contributed by atoms with Gasteiger partial charge >= 0.3 is 6.03 Å². The number of phenols is 1. The predicted octanol–water partition coefficient (Wildman–Crippen LogP) is 1.93. The van der Waals surface area contributed by atoms with Crippen LogP contribution in [0.1, 0.15) is 55.7 Å². The fraction of sp³-hybridized carbons (Fsp3) is 0.611. The second-order valence-corrected chi connectivity index (χ2v) is 9.13. The van der Waals surface area contributed by atoms with E-state index in [4.69, 9.17) is 0 Å². The van der Waals surface area contributed by atoms with E-state index < -0.39 is 10.0 Å². The standard InChI is InChI=1S/C18H27N3O4S/c1-26(24,25)21-13-10-8-12(9-11-13)19-18(23)20-16-6-2-5-15-14(16)4-3-7-17(15)22/h3-4,7,12-13,16,21-22H,2,5-6,8-11H2,1H3,(H2,19,20,23). The van der Waals surface area contributed by atoms with E-state index in [0.29, 0.717) is 5.75 Å². The van der Waals surface area contributed by atoms with Crippen LogP contribution in [0.25, 0.3) is 0 Å². The Morgan fingerprint density at radius 2 is 1.77 bits per heavy atom. The first-order valence-corrected chi connectivity index (χ1v) is 11.1. The molecule has 8 heteroatoms. The van der Waals surface area contributed by atoms with Crippen molar-refractivity contribution in [2.45, 2.75) is 63.1 Å². The van der Waals surface area contributed by atoms with Crippen LogP contribution < -0.4 is 15.4 Å². The molecule has 26 heavy (non-hydrogen) atoms. The molecule has 1 saturated carbocycles. The molecule has 2 aliphatic carbocycles. The van der Waals surface area contributed by atoms with Crippen molar-refractivity contribution in [2.75, 3.05) is 6.26 Å². The molecule has 7 nitrogen and oxygen atoms in total. The molecule has 1 fully saturated rings. The number of nitrogens with one attached hydrogen (secondary N) is 3. The summed E-state index contributed by atoms with van der Waals surface area (Å²) in [6.45, 7) is 0. The lowest BCUT2D eigenvalue weighted by atomic mass is 9.87. The topological polar surface area (TPSA) is 108 Å². The van der Waals surface area contributed by atoms with Gasteiger partial charge in [0.05, 0.1) is 12.3 Å². The molecule has 4 N–H and O–H groups in total. The molecule has 0 bridgehead atoms. The summed E-state index contributed by atoms with van der Waals surface area (Å²) in [5.41, 5.74) is 1.92. The second-order valence-electron chi connectivity index (χ2n) is 7.35. The SMILES string of the molecule is CS(=O)(=O)NC1CCC(NC(=O)NC2CCCc3c(O)cccc32)CC1. The van der Waals surface area contributed by atoms with Crippen molar-refractivity contribution < 1.29 is 18.3 Å². The average Bonchev–Trinajstić information content (AvgIpc) is 2.56. The van der Waals surface area contributed by atoms with E-state index in [9.17, 15) is 18.3 Å². The van der Waals surface area contributed by atoms with Crippen molar-refractivity contribution in [2.24, 2.45) is 0 Å². The average molecular weight is 381 g/mol. The molecule has 3 rings (SSSR count). The number of carbonyl (C=O) groups is 1. The summed E-state index contributed by atoms with van der Waals surface area (Å²) < 4.78 is 25.2. The van der Waals surface area contributed by atoms with Crippen molar-refractivity contribution in [3.05, 3.63) is 29.3 Å². The molecule has 0 heterocycles. The minimum Gasteiger partial charge on any atom is -0.508 e. The molecule has 2 aliphatic rings. The van der Waals surface area contributed by atoms with Gasteiger partial charge in [-0.05, 0) is 62.1 Å². The first-order chi connectivity index (χ1) is 12.3. The third-order valence-corrected chi connectivity index (χ3v) is 5.99. The normalized spacial score (nSPS) is 26.0. The zero-order chi connectivity index (χ0) is 18.7. The Kier molecular flexibility index (Phi) is 5.72. The van der Waals surface area contributed by atoms with Crippen LogP contribution in [-0.2, 0) is 16.4 Å². The lowest BCUT2D eigenvalue weighted by molar-refractivity contribution is 0.225. The minimum absolute atomic E-state index is 0.0423. The van der Waals surface area contributed by atoms with Crippen molar-refractivity contribution in [3.63, 3.8) is 0 Å². The molecule has 0 spiro atoms. The molecule has 0 saturated heterocycles. The lowest BCUT2D eigenvalue weighted by Crippen LogP contribution is -2.47. The molecule has 1 aromatic carbocycles. The number of benzene rings is 1. The van der Waals surface area contributed by atoms with Crippen LogP contribution in [-0.4, -0.2) is 37.9 Å². The van der Waals surface area contributed by atoms with Gasteiger partial charge in [-0.2, -0.15) is 0 Å². The van der Waals surface area contributed by atoms with Crippen molar-refractivity contribution in [1.82, 2.24) is 15.4 Å². The number of fused-ring (bicyclic) bond motifs is 1. The van der Waals surface area contributed by atoms with Gasteiger partial charge < -0.3 is 15.7 Å². The van der Waals surface area contributed by atoms with E-state index in [2.05, 4.69) is 15.4 Å². The zero-order valence-electron chi connectivity index (χ0n) is 15.0. The minimum atomic E-state index is -3.19. The third kappa shape index (κ3) is 4.88. The maximum Gasteiger partial charge on any atom is 0.315 e. The monoisotopic (exact) mass is 381 g/mol. The summed E-state index contributed by atoms with van der Waals surface area (Å²) in [7, 11) is -3.19. The number of aromatic hydroxyl groups is 1. The van der Waals surface area contributed by atoms with Gasteiger partial charge in [-0.15, -0.1) is 0 Å². The first kappa shape index (κ1) is 19.0. The van der Waals surface area contributed by atoms with Gasteiger partial charge in [-0.25, -0.2) is 17.9 Å². The summed E-state index contributed by atoms with van der Waals surface area (Å²) >= 11 is 0. The van der Waals surface area contributed by atoms with E-state index in [-0.39, 0.29) is 24.2 Å². The number of phenolic OH excluding ortho intramolecular Hbond substituents is 1. The molecule has 144 valence electrons.